The molecule has 1 heterocycles. The van der Waals surface area contributed by atoms with E-state index in [2.05, 4.69) is 66.4 Å². The first-order valence-corrected chi connectivity index (χ1v) is 6.73. The van der Waals surface area contributed by atoms with Gasteiger partial charge in [0.25, 0.3) is 0 Å². The Bertz CT molecular complexity index is 501. The van der Waals surface area contributed by atoms with Gasteiger partial charge in [-0.1, -0.05) is 48.0 Å². The van der Waals surface area contributed by atoms with Crippen molar-refractivity contribution >= 4 is 5.69 Å². The molecule has 0 saturated carbocycles. The molecule has 0 aliphatic carbocycles. The van der Waals surface area contributed by atoms with Crippen LogP contribution in [-0.2, 0) is 0 Å². The summed E-state index contributed by atoms with van der Waals surface area (Å²) in [6, 6.07) is 20.3. The highest BCUT2D eigenvalue weighted by Crippen LogP contribution is 2.35. The third-order valence-electron chi connectivity index (χ3n) is 3.80. The van der Waals surface area contributed by atoms with Crippen molar-refractivity contribution in [3.8, 4) is 0 Å². The van der Waals surface area contributed by atoms with Crippen LogP contribution in [0.1, 0.15) is 30.0 Å². The third-order valence-corrected chi connectivity index (χ3v) is 3.80. The highest BCUT2D eigenvalue weighted by molar-refractivity contribution is 5.50. The van der Waals surface area contributed by atoms with Crippen LogP contribution in [0.25, 0.3) is 0 Å². The van der Waals surface area contributed by atoms with Gasteiger partial charge in [-0.3, -0.25) is 0 Å². The van der Waals surface area contributed by atoms with Crippen LogP contribution in [0, 0.1) is 6.92 Å². The van der Waals surface area contributed by atoms with Gasteiger partial charge in [0.05, 0.1) is 6.04 Å². The number of benzene rings is 2. The van der Waals surface area contributed by atoms with Crippen LogP contribution in [0.4, 0.5) is 5.69 Å². The molecule has 1 saturated heterocycles. The van der Waals surface area contributed by atoms with Gasteiger partial charge in [0.1, 0.15) is 0 Å². The van der Waals surface area contributed by atoms with Crippen molar-refractivity contribution < 1.29 is 0 Å². The van der Waals surface area contributed by atoms with Gasteiger partial charge in [-0.2, -0.15) is 0 Å². The highest BCUT2D eigenvalue weighted by Gasteiger charge is 2.25. The van der Waals surface area contributed by atoms with Crippen LogP contribution >= 0.6 is 0 Å². The van der Waals surface area contributed by atoms with Gasteiger partial charge in [0.15, 0.2) is 0 Å². The molecule has 92 valence electrons. The van der Waals surface area contributed by atoms with E-state index in [1.54, 1.807) is 0 Å². The molecule has 1 nitrogen and oxygen atoms in total. The summed E-state index contributed by atoms with van der Waals surface area (Å²) in [5.74, 6) is 0. The van der Waals surface area contributed by atoms with Crippen LogP contribution in [0.2, 0.25) is 0 Å². The first-order valence-electron chi connectivity index (χ1n) is 6.73. The lowest BCUT2D eigenvalue weighted by Crippen LogP contribution is -2.22. The Balaban J connectivity index is 1.90. The topological polar surface area (TPSA) is 3.24 Å². The van der Waals surface area contributed by atoms with E-state index < -0.39 is 0 Å². The molecule has 1 aliphatic rings. The molecule has 1 heteroatoms. The fourth-order valence-corrected chi connectivity index (χ4v) is 2.83. The van der Waals surface area contributed by atoms with Crippen LogP contribution in [0.5, 0.6) is 0 Å². The van der Waals surface area contributed by atoms with Crippen LogP contribution in [0.3, 0.4) is 0 Å². The lowest BCUT2D eigenvalue weighted by molar-refractivity contribution is 0.719. The van der Waals surface area contributed by atoms with Crippen molar-refractivity contribution in [2.24, 2.45) is 0 Å². The number of hydrogen-bond acceptors (Lipinski definition) is 1. The Hall–Kier alpha value is -1.76. The molecule has 0 N–H and O–H groups in total. The fraction of sp³-hybridized carbons (Fsp3) is 0.294. The van der Waals surface area contributed by atoms with Gasteiger partial charge >= 0.3 is 0 Å². The molecule has 3 rings (SSSR count). The lowest BCUT2D eigenvalue weighted by Gasteiger charge is -2.27. The average Bonchev–Trinajstić information content (AvgIpc) is 2.90. The maximum atomic E-state index is 2.53. The summed E-state index contributed by atoms with van der Waals surface area (Å²) >= 11 is 0. The largest absolute Gasteiger partial charge is 0.364 e. The molecule has 0 amide bonds. The van der Waals surface area contributed by atoms with Gasteiger partial charge in [-0.15, -0.1) is 0 Å². The SMILES string of the molecule is Cc1ccc([C@@H]2CCCN2c2ccccc2)cc1. The number of aryl methyl sites for hydroxylation is 1. The number of nitrogens with zero attached hydrogens (tertiary/aromatic N) is 1. The summed E-state index contributed by atoms with van der Waals surface area (Å²) in [5, 5.41) is 0. The predicted molar refractivity (Wildman–Crippen MR) is 76.9 cm³/mol. The summed E-state index contributed by atoms with van der Waals surface area (Å²) in [4.78, 5) is 2.53. The van der Waals surface area contributed by atoms with E-state index >= 15 is 0 Å². The van der Waals surface area contributed by atoms with E-state index in [0.717, 1.165) is 0 Å². The highest BCUT2D eigenvalue weighted by atomic mass is 15.2. The van der Waals surface area contributed by atoms with Crippen LogP contribution in [0.15, 0.2) is 54.6 Å². The number of hydrogen-bond donors (Lipinski definition) is 0. The van der Waals surface area contributed by atoms with Crippen molar-refractivity contribution in [1.82, 2.24) is 0 Å². The second kappa shape index (κ2) is 4.85. The van der Waals surface area contributed by atoms with E-state index in [1.807, 2.05) is 0 Å². The maximum absolute atomic E-state index is 2.53. The van der Waals surface area contributed by atoms with Crippen LogP contribution < -0.4 is 4.90 Å². The first-order chi connectivity index (χ1) is 8.84. The molecule has 1 aliphatic heterocycles. The zero-order valence-corrected chi connectivity index (χ0v) is 10.8. The molecule has 1 atom stereocenters. The van der Waals surface area contributed by atoms with E-state index in [0.29, 0.717) is 6.04 Å². The van der Waals surface area contributed by atoms with Crippen molar-refractivity contribution in [3.05, 3.63) is 65.7 Å². The van der Waals surface area contributed by atoms with E-state index in [-0.39, 0.29) is 0 Å². The van der Waals surface area contributed by atoms with Crippen molar-refractivity contribution in [2.75, 3.05) is 11.4 Å². The smallest absolute Gasteiger partial charge is 0.0543 e. The standard InChI is InChI=1S/C17H19N/c1-14-9-11-15(12-10-14)17-8-5-13-18(17)16-6-3-2-4-7-16/h2-4,6-7,9-12,17H,5,8,13H2,1H3/t17-/m0/s1. The number of anilines is 1. The monoisotopic (exact) mass is 237 g/mol. The second-order valence-corrected chi connectivity index (χ2v) is 5.10. The molecule has 0 bridgehead atoms. The molecule has 1 fully saturated rings. The summed E-state index contributed by atoms with van der Waals surface area (Å²) in [6.07, 6.45) is 2.55. The first kappa shape index (κ1) is 11.3. The third kappa shape index (κ3) is 2.13. The average molecular weight is 237 g/mol. The predicted octanol–water partition coefficient (Wildman–Crippen LogP) is 4.34. The Kier molecular flexibility index (Phi) is 3.06. The summed E-state index contributed by atoms with van der Waals surface area (Å²) in [7, 11) is 0. The minimum absolute atomic E-state index is 0.549. The van der Waals surface area contributed by atoms with E-state index in [9.17, 15) is 0 Å². The molecule has 0 unspecified atom stereocenters. The number of para-hydroxylation sites is 1. The van der Waals surface area contributed by atoms with Crippen LogP contribution in [-0.4, -0.2) is 6.54 Å². The molecule has 2 aromatic rings. The summed E-state index contributed by atoms with van der Waals surface area (Å²) in [5.41, 5.74) is 4.13. The molecule has 0 spiro atoms. The molecular weight excluding hydrogens is 218 g/mol. The van der Waals surface area contributed by atoms with E-state index in [4.69, 9.17) is 0 Å². The quantitative estimate of drug-likeness (QED) is 0.751. The van der Waals surface area contributed by atoms with Gasteiger partial charge in [-0.25, -0.2) is 0 Å². The van der Waals surface area contributed by atoms with Gasteiger partial charge in [0.2, 0.25) is 0 Å². The Morgan fingerprint density at radius 1 is 0.944 bits per heavy atom. The molecule has 0 radical (unpaired) electrons. The summed E-state index contributed by atoms with van der Waals surface area (Å²) in [6.45, 7) is 3.32. The molecule has 18 heavy (non-hydrogen) atoms. The van der Waals surface area contributed by atoms with Crippen molar-refractivity contribution in [1.29, 1.82) is 0 Å². The zero-order valence-electron chi connectivity index (χ0n) is 10.8. The fourth-order valence-electron chi connectivity index (χ4n) is 2.83. The lowest BCUT2D eigenvalue weighted by atomic mass is 10.0. The molecule has 2 aromatic carbocycles. The van der Waals surface area contributed by atoms with Gasteiger partial charge < -0.3 is 4.90 Å². The maximum Gasteiger partial charge on any atom is 0.0543 e. The molecule has 0 aromatic heterocycles. The molecular formula is C17H19N. The minimum atomic E-state index is 0.549. The normalized spacial score (nSPS) is 19.2. The number of rotatable bonds is 2. The minimum Gasteiger partial charge on any atom is -0.364 e. The zero-order chi connectivity index (χ0) is 12.4. The Morgan fingerprint density at radius 2 is 1.67 bits per heavy atom. The van der Waals surface area contributed by atoms with E-state index in [1.165, 1.54) is 36.2 Å². The Morgan fingerprint density at radius 3 is 2.39 bits per heavy atom. The van der Waals surface area contributed by atoms with Gasteiger partial charge in [-0.05, 0) is 37.5 Å². The van der Waals surface area contributed by atoms with Gasteiger partial charge in [0, 0.05) is 12.2 Å². The second-order valence-electron chi connectivity index (χ2n) is 5.10. The Labute approximate surface area is 109 Å². The summed E-state index contributed by atoms with van der Waals surface area (Å²) < 4.78 is 0. The van der Waals surface area contributed by atoms with Crippen molar-refractivity contribution in [2.45, 2.75) is 25.8 Å². The van der Waals surface area contributed by atoms with Crippen molar-refractivity contribution in [3.63, 3.8) is 0 Å².